The summed E-state index contributed by atoms with van der Waals surface area (Å²) in [6, 6.07) is 8.45. The summed E-state index contributed by atoms with van der Waals surface area (Å²) >= 11 is 7.30. The molecule has 10 heteroatoms. The van der Waals surface area contributed by atoms with Crippen LogP contribution in [0.25, 0.3) is 0 Å². The minimum Gasteiger partial charge on any atom is -0.484 e. The SMILES string of the molecule is CCn1c(COc2cc(C)ccc2Cl)nnc1SCC(=O)Nc1ccc(F)cc1F. The number of nitrogens with zero attached hydrogens (tertiary/aromatic N) is 3. The number of halogens is 3. The van der Waals surface area contributed by atoms with Crippen LogP contribution >= 0.6 is 23.4 Å². The Morgan fingerprint density at radius 2 is 2.03 bits per heavy atom. The number of nitrogens with one attached hydrogen (secondary N) is 1. The molecule has 30 heavy (non-hydrogen) atoms. The van der Waals surface area contributed by atoms with Gasteiger partial charge in [-0.2, -0.15) is 0 Å². The molecule has 0 aliphatic rings. The fraction of sp³-hybridized carbons (Fsp3) is 0.250. The van der Waals surface area contributed by atoms with Gasteiger partial charge in [-0.1, -0.05) is 29.4 Å². The first-order chi connectivity index (χ1) is 14.4. The van der Waals surface area contributed by atoms with Gasteiger partial charge in [0.05, 0.1) is 16.5 Å². The monoisotopic (exact) mass is 452 g/mol. The maximum atomic E-state index is 13.7. The molecule has 1 amide bonds. The second-order valence-corrected chi connectivity index (χ2v) is 7.68. The first-order valence-corrected chi connectivity index (χ1v) is 10.4. The van der Waals surface area contributed by atoms with Gasteiger partial charge in [0.2, 0.25) is 5.91 Å². The third-order valence-electron chi connectivity index (χ3n) is 4.09. The van der Waals surface area contributed by atoms with Gasteiger partial charge < -0.3 is 14.6 Å². The van der Waals surface area contributed by atoms with Crippen molar-refractivity contribution in [3.05, 3.63) is 64.4 Å². The number of benzene rings is 2. The Morgan fingerprint density at radius 1 is 1.23 bits per heavy atom. The van der Waals surface area contributed by atoms with E-state index in [9.17, 15) is 13.6 Å². The molecule has 0 aliphatic heterocycles. The predicted molar refractivity (Wildman–Crippen MR) is 112 cm³/mol. The number of carbonyl (C=O) groups excluding carboxylic acids is 1. The highest BCUT2D eigenvalue weighted by Gasteiger charge is 2.15. The first-order valence-electron chi connectivity index (χ1n) is 9.06. The summed E-state index contributed by atoms with van der Waals surface area (Å²) in [5.41, 5.74) is 0.939. The second kappa shape index (κ2) is 9.90. The van der Waals surface area contributed by atoms with Crippen molar-refractivity contribution in [3.63, 3.8) is 0 Å². The Morgan fingerprint density at radius 3 is 2.77 bits per heavy atom. The minimum atomic E-state index is -0.834. The predicted octanol–water partition coefficient (Wildman–Crippen LogP) is 4.85. The summed E-state index contributed by atoms with van der Waals surface area (Å²) in [6.07, 6.45) is 0. The Hall–Kier alpha value is -2.65. The number of hydrogen-bond acceptors (Lipinski definition) is 5. The number of carbonyl (C=O) groups is 1. The molecular formula is C20H19ClF2N4O2S. The smallest absolute Gasteiger partial charge is 0.234 e. The van der Waals surface area contributed by atoms with Crippen molar-refractivity contribution in [1.82, 2.24) is 14.8 Å². The molecule has 0 spiro atoms. The fourth-order valence-corrected chi connectivity index (χ4v) is 3.61. The van der Waals surface area contributed by atoms with E-state index in [4.69, 9.17) is 16.3 Å². The molecule has 0 atom stereocenters. The zero-order valence-electron chi connectivity index (χ0n) is 16.3. The van der Waals surface area contributed by atoms with Gasteiger partial charge in [0.1, 0.15) is 24.0 Å². The lowest BCUT2D eigenvalue weighted by Crippen LogP contribution is -2.16. The Kier molecular flexibility index (Phi) is 7.28. The van der Waals surface area contributed by atoms with Crippen molar-refractivity contribution in [3.8, 4) is 5.75 Å². The van der Waals surface area contributed by atoms with Crippen LogP contribution in [0.2, 0.25) is 5.02 Å². The molecular weight excluding hydrogens is 434 g/mol. The maximum Gasteiger partial charge on any atom is 0.234 e. The molecule has 1 N–H and O–H groups in total. The third-order valence-corrected chi connectivity index (χ3v) is 5.37. The average molecular weight is 453 g/mol. The molecule has 0 unspecified atom stereocenters. The zero-order chi connectivity index (χ0) is 21.7. The molecule has 1 heterocycles. The van der Waals surface area contributed by atoms with Crippen LogP contribution in [0.15, 0.2) is 41.6 Å². The number of anilines is 1. The van der Waals surface area contributed by atoms with E-state index >= 15 is 0 Å². The number of aryl methyl sites for hydroxylation is 1. The maximum absolute atomic E-state index is 13.7. The van der Waals surface area contributed by atoms with Crippen LogP contribution in [0, 0.1) is 18.6 Å². The fourth-order valence-electron chi connectivity index (χ4n) is 2.62. The van der Waals surface area contributed by atoms with Gasteiger partial charge in [-0.05, 0) is 43.7 Å². The van der Waals surface area contributed by atoms with Crippen LogP contribution in [0.1, 0.15) is 18.3 Å². The Bertz CT molecular complexity index is 1060. The summed E-state index contributed by atoms with van der Waals surface area (Å²) in [5.74, 6) is -0.864. The van der Waals surface area contributed by atoms with Crippen molar-refractivity contribution in [1.29, 1.82) is 0 Å². The van der Waals surface area contributed by atoms with Crippen molar-refractivity contribution in [2.45, 2.75) is 32.2 Å². The molecule has 0 saturated heterocycles. The summed E-state index contributed by atoms with van der Waals surface area (Å²) < 4.78 is 34.2. The van der Waals surface area contributed by atoms with Gasteiger partial charge in [0.15, 0.2) is 11.0 Å². The molecule has 0 aliphatic carbocycles. The largest absolute Gasteiger partial charge is 0.484 e. The van der Waals surface area contributed by atoms with Crippen LogP contribution < -0.4 is 10.1 Å². The highest BCUT2D eigenvalue weighted by Crippen LogP contribution is 2.26. The Labute approximate surface area is 181 Å². The van der Waals surface area contributed by atoms with Gasteiger partial charge >= 0.3 is 0 Å². The van der Waals surface area contributed by atoms with E-state index in [0.29, 0.717) is 34.4 Å². The second-order valence-electron chi connectivity index (χ2n) is 6.33. The number of aromatic nitrogens is 3. The third kappa shape index (κ3) is 5.48. The van der Waals surface area contributed by atoms with Crippen molar-refractivity contribution in [2.75, 3.05) is 11.1 Å². The van der Waals surface area contributed by atoms with Crippen molar-refractivity contribution < 1.29 is 18.3 Å². The number of amides is 1. The highest BCUT2D eigenvalue weighted by atomic mass is 35.5. The molecule has 3 rings (SSSR count). The van der Waals surface area contributed by atoms with Gasteiger partial charge in [0.25, 0.3) is 0 Å². The van der Waals surface area contributed by atoms with Crippen molar-refractivity contribution >= 4 is 35.0 Å². The van der Waals surface area contributed by atoms with Gasteiger partial charge in [-0.3, -0.25) is 4.79 Å². The minimum absolute atomic E-state index is 0.0144. The summed E-state index contributed by atoms with van der Waals surface area (Å²) in [6.45, 7) is 4.60. The average Bonchev–Trinajstić information content (AvgIpc) is 3.11. The molecule has 1 aromatic heterocycles. The lowest BCUT2D eigenvalue weighted by molar-refractivity contribution is -0.113. The first kappa shape index (κ1) is 22.0. The van der Waals surface area contributed by atoms with Gasteiger partial charge in [-0.25, -0.2) is 8.78 Å². The summed E-state index contributed by atoms with van der Waals surface area (Å²) in [4.78, 5) is 12.1. The zero-order valence-corrected chi connectivity index (χ0v) is 17.9. The van der Waals surface area contributed by atoms with E-state index in [2.05, 4.69) is 15.5 Å². The van der Waals surface area contributed by atoms with Crippen LogP contribution in [0.3, 0.4) is 0 Å². The number of ether oxygens (including phenoxy) is 1. The molecule has 158 valence electrons. The van der Waals surface area contributed by atoms with E-state index in [-0.39, 0.29) is 18.0 Å². The standard InChI is InChI=1S/C20H19ClF2N4O2S/c1-3-27-18(10-29-17-8-12(2)4-6-14(17)21)25-26-20(27)30-11-19(28)24-16-7-5-13(22)9-15(16)23/h4-9H,3,10-11H2,1-2H3,(H,24,28). The molecule has 0 fully saturated rings. The topological polar surface area (TPSA) is 69.0 Å². The summed E-state index contributed by atoms with van der Waals surface area (Å²) in [5, 5.41) is 11.7. The van der Waals surface area contributed by atoms with Crippen LogP contribution in [-0.2, 0) is 17.9 Å². The Balaban J connectivity index is 1.61. The molecule has 3 aromatic rings. The molecule has 0 radical (unpaired) electrons. The van der Waals surface area contributed by atoms with Crippen LogP contribution in [-0.4, -0.2) is 26.4 Å². The lowest BCUT2D eigenvalue weighted by atomic mass is 10.2. The quantitative estimate of drug-likeness (QED) is 0.495. The van der Waals surface area contributed by atoms with E-state index in [1.165, 1.54) is 6.07 Å². The molecule has 0 saturated carbocycles. The van der Waals surface area contributed by atoms with E-state index < -0.39 is 17.5 Å². The highest BCUT2D eigenvalue weighted by molar-refractivity contribution is 7.99. The van der Waals surface area contributed by atoms with Crippen molar-refractivity contribution in [2.24, 2.45) is 0 Å². The van der Waals surface area contributed by atoms with Gasteiger partial charge in [-0.15, -0.1) is 10.2 Å². The molecule has 6 nitrogen and oxygen atoms in total. The number of rotatable bonds is 8. The van der Waals surface area contributed by atoms with E-state index in [0.717, 1.165) is 23.4 Å². The number of hydrogen-bond donors (Lipinski definition) is 1. The molecule has 2 aromatic carbocycles. The molecule has 0 bridgehead atoms. The normalized spacial score (nSPS) is 10.8. The summed E-state index contributed by atoms with van der Waals surface area (Å²) in [7, 11) is 0. The number of thioether (sulfide) groups is 1. The van der Waals surface area contributed by atoms with E-state index in [1.807, 2.05) is 30.5 Å². The van der Waals surface area contributed by atoms with Gasteiger partial charge in [0, 0.05) is 12.6 Å². The van der Waals surface area contributed by atoms with E-state index in [1.54, 1.807) is 6.07 Å². The van der Waals surface area contributed by atoms with Crippen LogP contribution in [0.5, 0.6) is 5.75 Å². The van der Waals surface area contributed by atoms with Crippen LogP contribution in [0.4, 0.5) is 14.5 Å². The lowest BCUT2D eigenvalue weighted by Gasteiger charge is -2.10.